The highest BCUT2D eigenvalue weighted by Gasteiger charge is 2.59. The van der Waals surface area contributed by atoms with Crippen LogP contribution in [0.3, 0.4) is 0 Å². The maximum atomic E-state index is 12.6. The van der Waals surface area contributed by atoms with Crippen molar-refractivity contribution in [3.8, 4) is 5.75 Å². The van der Waals surface area contributed by atoms with E-state index in [-0.39, 0.29) is 17.4 Å². The fraction of sp³-hybridized carbons (Fsp3) is 0.545. The molecule has 0 radical (unpaired) electrons. The normalized spacial score (nSPS) is 18.7. The summed E-state index contributed by atoms with van der Waals surface area (Å²) in [5.74, 6) is 0.773. The van der Waals surface area contributed by atoms with Crippen molar-refractivity contribution in [2.24, 2.45) is 10.8 Å². The van der Waals surface area contributed by atoms with E-state index in [0.717, 1.165) is 43.3 Å². The number of rotatable bonds is 5. The molecule has 1 saturated carbocycles. The first kappa shape index (κ1) is 22.3. The summed E-state index contributed by atoms with van der Waals surface area (Å²) < 4.78 is 43.3. The van der Waals surface area contributed by atoms with Gasteiger partial charge in [-0.1, -0.05) is 13.8 Å². The zero-order valence-corrected chi connectivity index (χ0v) is 17.5. The number of nitrogens with zero attached hydrogens (tertiary/aromatic N) is 3. The minimum absolute atomic E-state index is 0.0919. The van der Waals surface area contributed by atoms with Gasteiger partial charge < -0.3 is 14.7 Å². The number of hydrogen-bond acceptors (Lipinski definition) is 5. The Bertz CT molecular complexity index is 841. The molecule has 4 rings (SSSR count). The molecule has 1 aliphatic heterocycles. The summed E-state index contributed by atoms with van der Waals surface area (Å²) in [6.07, 6.45) is 2.77. The van der Waals surface area contributed by atoms with Gasteiger partial charge in [0, 0.05) is 43.1 Å². The second kappa shape index (κ2) is 8.41. The first-order valence-corrected chi connectivity index (χ1v) is 10.1. The number of anilines is 1. The average Bonchev–Trinajstić information content (AvgIpc) is 2.70. The molecule has 1 saturated heterocycles. The molecule has 1 N–H and O–H groups in total. The van der Waals surface area contributed by atoms with Crippen LogP contribution >= 0.6 is 0 Å². The van der Waals surface area contributed by atoms with Crippen LogP contribution in [-0.4, -0.2) is 41.9 Å². The third kappa shape index (κ3) is 4.24. The number of methoxy groups -OCH3 is 1. The fourth-order valence-corrected chi connectivity index (χ4v) is 4.89. The van der Waals surface area contributed by atoms with Crippen LogP contribution in [0.25, 0.3) is 0 Å². The van der Waals surface area contributed by atoms with Gasteiger partial charge in [0.25, 0.3) is 0 Å². The van der Waals surface area contributed by atoms with E-state index in [1.807, 2.05) is 24.8 Å². The van der Waals surface area contributed by atoms with Crippen molar-refractivity contribution in [3.63, 3.8) is 0 Å². The monoisotopic (exact) mass is 423 g/mol. The largest absolute Gasteiger partial charge is 0.496 e. The topological polar surface area (TPSA) is 58.5 Å². The number of halogens is 3. The van der Waals surface area contributed by atoms with Crippen LogP contribution in [0, 0.1) is 10.8 Å². The van der Waals surface area contributed by atoms with Gasteiger partial charge in [-0.3, -0.25) is 4.98 Å². The summed E-state index contributed by atoms with van der Waals surface area (Å²) >= 11 is 0. The third-order valence-corrected chi connectivity index (χ3v) is 5.94. The van der Waals surface area contributed by atoms with Crippen LogP contribution in [0.1, 0.15) is 37.9 Å². The van der Waals surface area contributed by atoms with Crippen LogP contribution in [0.2, 0.25) is 0 Å². The number of aromatic nitrogens is 2. The van der Waals surface area contributed by atoms with E-state index >= 15 is 0 Å². The highest BCUT2D eigenvalue weighted by Crippen LogP contribution is 2.60. The Hall–Kier alpha value is -2.35. The summed E-state index contributed by atoms with van der Waals surface area (Å²) in [5, 5.41) is 10.0. The highest BCUT2D eigenvalue weighted by atomic mass is 19.4. The lowest BCUT2D eigenvalue weighted by Gasteiger charge is -2.64. The molecular weight excluding hydrogens is 395 g/mol. The molecule has 2 aromatic rings. The molecule has 5 nitrogen and oxygen atoms in total. The standard InChI is InChI=1S/C20H22F3N3O2.C2H6/c1-28-16-4-5-24-7-14(16)6-18(13-27)9-19(10-18)11-26(12-19)15-2-3-17(25-8-15)20(21,22)23;1-2/h2-5,7-8,27H,6,9-13H2,1H3;1-2H3. The average molecular weight is 423 g/mol. The van der Waals surface area contributed by atoms with E-state index in [9.17, 15) is 18.3 Å². The number of alkyl halides is 3. The molecular formula is C22H28F3N3O2. The molecule has 2 aliphatic rings. The number of aliphatic hydroxyl groups excluding tert-OH is 1. The van der Waals surface area contributed by atoms with E-state index in [4.69, 9.17) is 4.74 Å². The molecule has 0 bridgehead atoms. The van der Waals surface area contributed by atoms with Crippen molar-refractivity contribution >= 4 is 5.69 Å². The van der Waals surface area contributed by atoms with Crippen molar-refractivity contribution in [2.75, 3.05) is 31.7 Å². The van der Waals surface area contributed by atoms with Gasteiger partial charge in [0.15, 0.2) is 0 Å². The molecule has 164 valence electrons. The zero-order chi connectivity index (χ0) is 22.0. The predicted molar refractivity (Wildman–Crippen MR) is 108 cm³/mol. The Kier molecular flexibility index (Phi) is 6.26. The number of pyridine rings is 2. The molecule has 1 spiro atoms. The van der Waals surface area contributed by atoms with Gasteiger partial charge in [0.2, 0.25) is 0 Å². The molecule has 3 heterocycles. The smallest absolute Gasteiger partial charge is 0.433 e. The first-order chi connectivity index (χ1) is 14.3. The molecule has 0 amide bonds. The maximum Gasteiger partial charge on any atom is 0.433 e. The van der Waals surface area contributed by atoms with Crippen molar-refractivity contribution in [2.45, 2.75) is 39.3 Å². The lowest BCUT2D eigenvalue weighted by molar-refractivity contribution is -0.141. The number of aliphatic hydroxyl groups is 1. The summed E-state index contributed by atoms with van der Waals surface area (Å²) in [6, 6.07) is 4.31. The van der Waals surface area contributed by atoms with Gasteiger partial charge in [0.05, 0.1) is 19.0 Å². The van der Waals surface area contributed by atoms with Crippen LogP contribution in [0.5, 0.6) is 5.75 Å². The van der Waals surface area contributed by atoms with Gasteiger partial charge >= 0.3 is 6.18 Å². The second-order valence-corrected chi connectivity index (χ2v) is 8.13. The number of ether oxygens (including phenoxy) is 1. The van der Waals surface area contributed by atoms with Gasteiger partial charge in [-0.2, -0.15) is 13.2 Å². The summed E-state index contributed by atoms with van der Waals surface area (Å²) in [6.45, 7) is 5.63. The SMILES string of the molecule is CC.COc1ccncc1CC1(CO)CC2(CN(c3ccc(C(F)(F)F)nc3)C2)C1. The van der Waals surface area contributed by atoms with Gasteiger partial charge in [-0.25, -0.2) is 4.98 Å². The van der Waals surface area contributed by atoms with E-state index in [2.05, 4.69) is 9.97 Å². The van der Waals surface area contributed by atoms with Gasteiger partial charge in [0.1, 0.15) is 11.4 Å². The minimum atomic E-state index is -4.42. The van der Waals surface area contributed by atoms with E-state index in [1.54, 1.807) is 19.5 Å². The van der Waals surface area contributed by atoms with Crippen LogP contribution < -0.4 is 9.64 Å². The van der Waals surface area contributed by atoms with Crippen molar-refractivity contribution in [1.82, 2.24) is 9.97 Å². The maximum absolute atomic E-state index is 12.6. The highest BCUT2D eigenvalue weighted by molar-refractivity contribution is 5.49. The summed E-state index contributed by atoms with van der Waals surface area (Å²) in [7, 11) is 1.62. The Labute approximate surface area is 174 Å². The lowest BCUT2D eigenvalue weighted by Crippen LogP contribution is -2.67. The Morgan fingerprint density at radius 2 is 1.83 bits per heavy atom. The molecule has 2 fully saturated rings. The van der Waals surface area contributed by atoms with Crippen LogP contribution in [-0.2, 0) is 12.6 Å². The Balaban J connectivity index is 0.00000124. The zero-order valence-electron chi connectivity index (χ0n) is 17.5. The van der Waals surface area contributed by atoms with E-state index in [0.29, 0.717) is 12.1 Å². The molecule has 0 atom stereocenters. The molecule has 1 aliphatic carbocycles. The molecule has 30 heavy (non-hydrogen) atoms. The second-order valence-electron chi connectivity index (χ2n) is 8.13. The van der Waals surface area contributed by atoms with E-state index < -0.39 is 11.9 Å². The molecule has 2 aromatic heterocycles. The van der Waals surface area contributed by atoms with Crippen LogP contribution in [0.15, 0.2) is 36.8 Å². The molecule has 8 heteroatoms. The van der Waals surface area contributed by atoms with Crippen LogP contribution in [0.4, 0.5) is 18.9 Å². The van der Waals surface area contributed by atoms with Gasteiger partial charge in [-0.15, -0.1) is 0 Å². The molecule has 0 aromatic carbocycles. The fourth-order valence-electron chi connectivity index (χ4n) is 4.89. The van der Waals surface area contributed by atoms with Crippen molar-refractivity contribution in [3.05, 3.63) is 48.0 Å². The summed E-state index contributed by atoms with van der Waals surface area (Å²) in [5.41, 5.74) is 0.729. The third-order valence-electron chi connectivity index (χ3n) is 5.94. The predicted octanol–water partition coefficient (Wildman–Crippen LogP) is 4.35. The quantitative estimate of drug-likeness (QED) is 0.775. The number of hydrogen-bond donors (Lipinski definition) is 1. The summed E-state index contributed by atoms with van der Waals surface area (Å²) in [4.78, 5) is 9.74. The Morgan fingerprint density at radius 1 is 1.13 bits per heavy atom. The lowest BCUT2D eigenvalue weighted by atomic mass is 9.48. The van der Waals surface area contributed by atoms with Crippen molar-refractivity contribution < 1.29 is 23.0 Å². The molecule has 0 unspecified atom stereocenters. The minimum Gasteiger partial charge on any atom is -0.496 e. The van der Waals surface area contributed by atoms with Crippen molar-refractivity contribution in [1.29, 1.82) is 0 Å². The van der Waals surface area contributed by atoms with E-state index in [1.165, 1.54) is 12.3 Å². The van der Waals surface area contributed by atoms with Gasteiger partial charge in [-0.05, 0) is 42.9 Å². The first-order valence-electron chi connectivity index (χ1n) is 10.1. The Morgan fingerprint density at radius 3 is 2.37 bits per heavy atom.